The van der Waals surface area contributed by atoms with Gasteiger partial charge in [-0.3, -0.25) is 4.79 Å². The van der Waals surface area contributed by atoms with Gasteiger partial charge in [-0.2, -0.15) is 0 Å². The first-order chi connectivity index (χ1) is 6.29. The van der Waals surface area contributed by atoms with E-state index >= 15 is 0 Å². The standard InChI is InChI=1S/C9H16N2O2.2ClH/c1-2-13-8(12)9-5-10-3-7(9)4-11-6-9;;/h7,10-11H,2-6H2,1H3;2*1H. The first-order valence-electron chi connectivity index (χ1n) is 4.88. The third-order valence-corrected chi connectivity index (χ3v) is 3.13. The normalized spacial score (nSPS) is 32.5. The van der Waals surface area contributed by atoms with Gasteiger partial charge in [-0.1, -0.05) is 0 Å². The van der Waals surface area contributed by atoms with Crippen molar-refractivity contribution >= 4 is 30.8 Å². The topological polar surface area (TPSA) is 50.4 Å². The molecular formula is C9H18Cl2N2O2. The summed E-state index contributed by atoms with van der Waals surface area (Å²) in [5, 5.41) is 6.53. The van der Waals surface area contributed by atoms with Gasteiger partial charge in [0.2, 0.25) is 0 Å². The van der Waals surface area contributed by atoms with E-state index in [0.717, 1.165) is 26.2 Å². The molecule has 2 rings (SSSR count). The lowest BCUT2D eigenvalue weighted by molar-refractivity contribution is -0.154. The van der Waals surface area contributed by atoms with Crippen molar-refractivity contribution in [2.24, 2.45) is 11.3 Å². The maximum atomic E-state index is 11.7. The maximum Gasteiger partial charge on any atom is 0.315 e. The van der Waals surface area contributed by atoms with Crippen molar-refractivity contribution in [2.45, 2.75) is 6.92 Å². The lowest BCUT2D eigenvalue weighted by Crippen LogP contribution is -2.41. The molecule has 15 heavy (non-hydrogen) atoms. The highest BCUT2D eigenvalue weighted by atomic mass is 35.5. The quantitative estimate of drug-likeness (QED) is 0.694. The zero-order valence-corrected chi connectivity index (χ0v) is 10.4. The van der Waals surface area contributed by atoms with E-state index in [-0.39, 0.29) is 36.2 Å². The van der Waals surface area contributed by atoms with Crippen LogP contribution in [0.15, 0.2) is 0 Å². The highest BCUT2D eigenvalue weighted by molar-refractivity contribution is 5.85. The number of fused-ring (bicyclic) bond motifs is 1. The monoisotopic (exact) mass is 256 g/mol. The molecule has 0 unspecified atom stereocenters. The summed E-state index contributed by atoms with van der Waals surface area (Å²) >= 11 is 0. The molecule has 0 amide bonds. The van der Waals surface area contributed by atoms with E-state index in [1.807, 2.05) is 6.92 Å². The Bertz CT molecular complexity index is 216. The summed E-state index contributed by atoms with van der Waals surface area (Å²) in [5.41, 5.74) is -0.268. The smallest absolute Gasteiger partial charge is 0.315 e. The summed E-state index contributed by atoms with van der Waals surface area (Å²) in [6.45, 7) is 5.74. The van der Waals surface area contributed by atoms with Crippen molar-refractivity contribution < 1.29 is 9.53 Å². The first kappa shape index (κ1) is 15.0. The second-order valence-electron chi connectivity index (χ2n) is 3.84. The van der Waals surface area contributed by atoms with E-state index in [4.69, 9.17) is 4.74 Å². The molecule has 2 heterocycles. The molecule has 2 aliphatic heterocycles. The predicted molar refractivity (Wildman–Crippen MR) is 62.8 cm³/mol. The molecule has 2 saturated heterocycles. The Morgan fingerprint density at radius 2 is 1.87 bits per heavy atom. The first-order valence-corrected chi connectivity index (χ1v) is 4.88. The van der Waals surface area contributed by atoms with Crippen LogP contribution < -0.4 is 10.6 Å². The van der Waals surface area contributed by atoms with E-state index in [1.54, 1.807) is 0 Å². The molecule has 90 valence electrons. The Labute approximate surface area is 102 Å². The van der Waals surface area contributed by atoms with Crippen LogP contribution in [0.5, 0.6) is 0 Å². The van der Waals surface area contributed by atoms with Crippen molar-refractivity contribution in [3.63, 3.8) is 0 Å². The van der Waals surface area contributed by atoms with Gasteiger partial charge in [-0.25, -0.2) is 0 Å². The molecule has 0 aliphatic carbocycles. The van der Waals surface area contributed by atoms with Crippen LogP contribution in [0.1, 0.15) is 6.92 Å². The number of nitrogens with one attached hydrogen (secondary N) is 2. The fourth-order valence-corrected chi connectivity index (χ4v) is 2.34. The summed E-state index contributed by atoms with van der Waals surface area (Å²) in [6.07, 6.45) is 0. The second kappa shape index (κ2) is 5.89. The molecule has 6 heteroatoms. The highest BCUT2D eigenvalue weighted by Crippen LogP contribution is 2.35. The number of esters is 1. The third-order valence-electron chi connectivity index (χ3n) is 3.13. The fourth-order valence-electron chi connectivity index (χ4n) is 2.34. The molecule has 2 N–H and O–H groups in total. The van der Waals surface area contributed by atoms with Crippen LogP contribution in [0.3, 0.4) is 0 Å². The summed E-state index contributed by atoms with van der Waals surface area (Å²) in [4.78, 5) is 11.7. The molecule has 0 atom stereocenters. The summed E-state index contributed by atoms with van der Waals surface area (Å²) in [5.74, 6) is 0.390. The van der Waals surface area contributed by atoms with Gasteiger partial charge in [0, 0.05) is 32.1 Å². The van der Waals surface area contributed by atoms with Crippen molar-refractivity contribution in [2.75, 3.05) is 32.8 Å². The SMILES string of the molecule is CCOC(=O)C12CNCC1CNC2.Cl.Cl. The molecular weight excluding hydrogens is 239 g/mol. The van der Waals surface area contributed by atoms with Crippen molar-refractivity contribution in [1.82, 2.24) is 10.6 Å². The van der Waals surface area contributed by atoms with E-state index in [9.17, 15) is 4.79 Å². The van der Waals surface area contributed by atoms with Gasteiger partial charge in [0.15, 0.2) is 0 Å². The fraction of sp³-hybridized carbons (Fsp3) is 0.889. The third kappa shape index (κ3) is 2.38. The Balaban J connectivity index is 0.000000980. The Morgan fingerprint density at radius 1 is 1.33 bits per heavy atom. The van der Waals surface area contributed by atoms with Crippen molar-refractivity contribution in [3.8, 4) is 0 Å². The second-order valence-corrected chi connectivity index (χ2v) is 3.84. The Kier molecular flexibility index (Phi) is 5.88. The summed E-state index contributed by atoms with van der Waals surface area (Å²) < 4.78 is 5.11. The minimum Gasteiger partial charge on any atom is -0.465 e. The minimum absolute atomic E-state index is 0. The van der Waals surface area contributed by atoms with E-state index in [1.165, 1.54) is 0 Å². The van der Waals surface area contributed by atoms with Crippen LogP contribution in [-0.4, -0.2) is 38.8 Å². The van der Waals surface area contributed by atoms with E-state index in [2.05, 4.69) is 10.6 Å². The number of hydrogen-bond donors (Lipinski definition) is 2. The van der Waals surface area contributed by atoms with Crippen LogP contribution in [-0.2, 0) is 9.53 Å². The number of carbonyl (C=O) groups is 1. The Morgan fingerprint density at radius 3 is 2.33 bits per heavy atom. The molecule has 2 aliphatic rings. The van der Waals surface area contributed by atoms with Gasteiger partial charge in [0.05, 0.1) is 12.0 Å². The molecule has 0 aromatic carbocycles. The number of halogens is 2. The molecule has 0 bridgehead atoms. The van der Waals surface area contributed by atoms with Gasteiger partial charge >= 0.3 is 5.97 Å². The van der Waals surface area contributed by atoms with Crippen LogP contribution >= 0.6 is 24.8 Å². The van der Waals surface area contributed by atoms with Gasteiger partial charge in [-0.05, 0) is 6.92 Å². The average Bonchev–Trinajstić information content (AvgIpc) is 2.61. The van der Waals surface area contributed by atoms with Crippen LogP contribution in [0, 0.1) is 11.3 Å². The molecule has 0 aromatic rings. The number of ether oxygens (including phenoxy) is 1. The molecule has 0 saturated carbocycles. The van der Waals surface area contributed by atoms with E-state index in [0.29, 0.717) is 12.5 Å². The van der Waals surface area contributed by atoms with Crippen molar-refractivity contribution in [1.29, 1.82) is 0 Å². The van der Waals surface area contributed by atoms with Gasteiger partial charge < -0.3 is 15.4 Å². The predicted octanol–water partition coefficient (Wildman–Crippen LogP) is 0.202. The van der Waals surface area contributed by atoms with Crippen LogP contribution in [0.25, 0.3) is 0 Å². The van der Waals surface area contributed by atoms with E-state index < -0.39 is 0 Å². The minimum atomic E-state index is -0.268. The Hall–Kier alpha value is -0.0300. The molecule has 0 radical (unpaired) electrons. The summed E-state index contributed by atoms with van der Waals surface area (Å²) in [7, 11) is 0. The summed E-state index contributed by atoms with van der Waals surface area (Å²) in [6, 6.07) is 0. The van der Waals surface area contributed by atoms with Gasteiger partial charge in [0.1, 0.15) is 0 Å². The molecule has 0 aromatic heterocycles. The average molecular weight is 257 g/mol. The van der Waals surface area contributed by atoms with Crippen LogP contribution in [0.4, 0.5) is 0 Å². The lowest BCUT2D eigenvalue weighted by atomic mass is 9.81. The van der Waals surface area contributed by atoms with Crippen molar-refractivity contribution in [3.05, 3.63) is 0 Å². The van der Waals surface area contributed by atoms with Crippen LogP contribution in [0.2, 0.25) is 0 Å². The lowest BCUT2D eigenvalue weighted by Gasteiger charge is -2.24. The maximum absolute atomic E-state index is 11.7. The zero-order chi connectivity index (χ0) is 9.31. The van der Waals surface area contributed by atoms with Gasteiger partial charge in [0.25, 0.3) is 0 Å². The van der Waals surface area contributed by atoms with Gasteiger partial charge in [-0.15, -0.1) is 24.8 Å². The molecule has 0 spiro atoms. The molecule has 2 fully saturated rings. The number of rotatable bonds is 2. The molecule has 4 nitrogen and oxygen atoms in total. The zero-order valence-electron chi connectivity index (χ0n) is 8.75. The largest absolute Gasteiger partial charge is 0.465 e. The highest BCUT2D eigenvalue weighted by Gasteiger charge is 2.53. The number of carbonyl (C=O) groups excluding carboxylic acids is 1. The number of hydrogen-bond acceptors (Lipinski definition) is 4.